The lowest BCUT2D eigenvalue weighted by molar-refractivity contribution is -0.212. The molecule has 2 aliphatic rings. The van der Waals surface area contributed by atoms with Crippen molar-refractivity contribution in [3.63, 3.8) is 0 Å². The normalized spacial score (nSPS) is 30.2. The Hall–Kier alpha value is -2.39. The first-order valence-corrected chi connectivity index (χ1v) is 12.7. The van der Waals surface area contributed by atoms with Crippen molar-refractivity contribution in [2.24, 2.45) is 0 Å². The van der Waals surface area contributed by atoms with Crippen molar-refractivity contribution < 1.29 is 32.9 Å². The highest BCUT2D eigenvalue weighted by atomic mass is 79.9. The number of aliphatic hydroxyl groups excluding tert-OH is 2. The van der Waals surface area contributed by atoms with Crippen LogP contribution in [0.2, 0.25) is 0 Å². The molecule has 0 amide bonds. The third-order valence-corrected chi connectivity index (χ3v) is 7.68. The fourth-order valence-electron chi connectivity index (χ4n) is 5.17. The molecule has 200 valence electrons. The molecule has 14 heteroatoms. The zero-order valence-electron chi connectivity index (χ0n) is 19.8. The molecule has 10 nitrogen and oxygen atoms in total. The standard InChI is InChI=1S/C23H26BrF3N6O4/c1-36-23-17(7-11-8-32(30-28-11)16-4-2-3-14(16)25)37-18(10-34)22(35)21(23)33-9-15(29-31-33)12-5-6-13(24)20(27)19(12)26/h5-6,8-9,14,16-18,21-23,34-35H,2-4,7,10H2,1H3/t14-,16-,17+,18+,21-,22-,23-/m0/s1. The minimum Gasteiger partial charge on any atom is -0.394 e. The van der Waals surface area contributed by atoms with Crippen molar-refractivity contribution in [1.82, 2.24) is 30.0 Å². The highest BCUT2D eigenvalue weighted by molar-refractivity contribution is 9.10. The molecule has 0 bridgehead atoms. The summed E-state index contributed by atoms with van der Waals surface area (Å²) in [5, 5.41) is 37.1. The van der Waals surface area contributed by atoms with Crippen LogP contribution in [0.15, 0.2) is 29.0 Å². The van der Waals surface area contributed by atoms with Crippen molar-refractivity contribution in [3.8, 4) is 11.3 Å². The topological polar surface area (TPSA) is 120 Å². The Balaban J connectivity index is 1.42. The SMILES string of the molecule is CO[C@@H]1[C@@H](n2cc(-c3ccc(Br)c(F)c3F)nn2)[C@@H](O)[C@@H](CO)O[C@@H]1Cc1cn([C@H]2CCC[C@@H]2F)nn1. The van der Waals surface area contributed by atoms with Gasteiger partial charge in [-0.05, 0) is 47.3 Å². The minimum atomic E-state index is -1.26. The summed E-state index contributed by atoms with van der Waals surface area (Å²) in [6.07, 6.45) is 0.508. The minimum absolute atomic E-state index is 0.0269. The van der Waals surface area contributed by atoms with Crippen molar-refractivity contribution in [1.29, 1.82) is 0 Å². The number of ether oxygens (including phenoxy) is 2. The predicted molar refractivity (Wildman–Crippen MR) is 126 cm³/mol. The molecule has 1 aliphatic carbocycles. The van der Waals surface area contributed by atoms with Crippen LogP contribution in [0.25, 0.3) is 11.3 Å². The van der Waals surface area contributed by atoms with Gasteiger partial charge in [-0.2, -0.15) is 0 Å². The van der Waals surface area contributed by atoms with Crippen LogP contribution in [0.4, 0.5) is 13.2 Å². The summed E-state index contributed by atoms with van der Waals surface area (Å²) in [5.41, 5.74) is 0.479. The largest absolute Gasteiger partial charge is 0.394 e. The van der Waals surface area contributed by atoms with E-state index in [9.17, 15) is 23.4 Å². The summed E-state index contributed by atoms with van der Waals surface area (Å²) < 4.78 is 57.2. The van der Waals surface area contributed by atoms with Crippen LogP contribution in [-0.2, 0) is 15.9 Å². The summed E-state index contributed by atoms with van der Waals surface area (Å²) in [6, 6.07) is 1.48. The number of hydrogen-bond donors (Lipinski definition) is 2. The molecule has 5 rings (SSSR count). The zero-order valence-corrected chi connectivity index (χ0v) is 21.4. The van der Waals surface area contributed by atoms with Crippen LogP contribution in [0, 0.1) is 11.6 Å². The molecule has 2 aromatic heterocycles. The quantitative estimate of drug-likeness (QED) is 0.405. The van der Waals surface area contributed by atoms with Crippen LogP contribution < -0.4 is 0 Å². The van der Waals surface area contributed by atoms with Crippen LogP contribution in [0.1, 0.15) is 37.0 Å². The Labute approximate surface area is 218 Å². The maximum atomic E-state index is 14.5. The molecule has 3 aromatic rings. The van der Waals surface area contributed by atoms with Gasteiger partial charge in [0.2, 0.25) is 0 Å². The Morgan fingerprint density at radius 1 is 1.11 bits per heavy atom. The average Bonchev–Trinajstić information content (AvgIpc) is 3.64. The van der Waals surface area contributed by atoms with Gasteiger partial charge in [-0.3, -0.25) is 0 Å². The summed E-state index contributed by atoms with van der Waals surface area (Å²) in [6.45, 7) is -0.489. The molecule has 2 fully saturated rings. The number of halogens is 4. The highest BCUT2D eigenvalue weighted by Crippen LogP contribution is 2.35. The molecule has 1 aromatic carbocycles. The van der Waals surface area contributed by atoms with Gasteiger partial charge in [-0.1, -0.05) is 10.4 Å². The first-order valence-electron chi connectivity index (χ1n) is 11.9. The molecule has 1 saturated heterocycles. The van der Waals surface area contributed by atoms with Crippen molar-refractivity contribution in [2.75, 3.05) is 13.7 Å². The molecule has 2 N–H and O–H groups in total. The van der Waals surface area contributed by atoms with Crippen LogP contribution >= 0.6 is 15.9 Å². The number of rotatable bonds is 7. The smallest absolute Gasteiger partial charge is 0.173 e. The number of aromatic nitrogens is 6. The second-order valence-electron chi connectivity index (χ2n) is 9.29. The predicted octanol–water partition coefficient (Wildman–Crippen LogP) is 2.56. The van der Waals surface area contributed by atoms with Gasteiger partial charge in [0.15, 0.2) is 11.6 Å². The van der Waals surface area contributed by atoms with Crippen molar-refractivity contribution in [2.45, 2.75) is 68.4 Å². The van der Waals surface area contributed by atoms with Gasteiger partial charge >= 0.3 is 0 Å². The number of hydrogen-bond acceptors (Lipinski definition) is 8. The number of benzene rings is 1. The Morgan fingerprint density at radius 3 is 2.59 bits per heavy atom. The van der Waals surface area contributed by atoms with Gasteiger partial charge in [0.05, 0.1) is 35.1 Å². The van der Waals surface area contributed by atoms with E-state index >= 15 is 0 Å². The van der Waals surface area contributed by atoms with Gasteiger partial charge in [0.25, 0.3) is 0 Å². The van der Waals surface area contributed by atoms with Crippen molar-refractivity contribution in [3.05, 3.63) is 46.3 Å². The summed E-state index contributed by atoms with van der Waals surface area (Å²) in [5.74, 6) is -2.15. The number of alkyl halides is 1. The molecule has 1 aliphatic heterocycles. The van der Waals surface area contributed by atoms with E-state index in [1.807, 2.05) is 0 Å². The number of methoxy groups -OCH3 is 1. The molecule has 37 heavy (non-hydrogen) atoms. The second kappa shape index (κ2) is 10.8. The molecule has 0 radical (unpaired) electrons. The Morgan fingerprint density at radius 2 is 1.89 bits per heavy atom. The first-order chi connectivity index (χ1) is 17.8. The van der Waals surface area contributed by atoms with E-state index in [2.05, 4.69) is 36.6 Å². The van der Waals surface area contributed by atoms with Gasteiger partial charge < -0.3 is 19.7 Å². The van der Waals surface area contributed by atoms with Crippen molar-refractivity contribution >= 4 is 15.9 Å². The van der Waals surface area contributed by atoms with Crippen LogP contribution in [0.5, 0.6) is 0 Å². The number of nitrogens with zero attached hydrogens (tertiary/aromatic N) is 6. The highest BCUT2D eigenvalue weighted by Gasteiger charge is 2.47. The monoisotopic (exact) mass is 586 g/mol. The van der Waals surface area contributed by atoms with Gasteiger partial charge in [-0.25, -0.2) is 22.5 Å². The number of aliphatic hydroxyl groups is 2. The van der Waals surface area contributed by atoms with E-state index in [1.54, 1.807) is 6.20 Å². The fourth-order valence-corrected chi connectivity index (χ4v) is 5.47. The van der Waals surface area contributed by atoms with E-state index in [0.29, 0.717) is 18.5 Å². The molecule has 3 heterocycles. The summed E-state index contributed by atoms with van der Waals surface area (Å²) in [4.78, 5) is 0. The third-order valence-electron chi connectivity index (χ3n) is 7.07. The third kappa shape index (κ3) is 4.92. The maximum Gasteiger partial charge on any atom is 0.173 e. The van der Waals surface area contributed by atoms with Gasteiger partial charge in [0.1, 0.15) is 36.2 Å². The lowest BCUT2D eigenvalue weighted by Gasteiger charge is -2.43. The Bertz CT molecular complexity index is 1250. The molecular formula is C23H26BrF3N6O4. The van der Waals surface area contributed by atoms with E-state index in [4.69, 9.17) is 9.47 Å². The zero-order chi connectivity index (χ0) is 26.3. The van der Waals surface area contributed by atoms with E-state index in [1.165, 1.54) is 34.8 Å². The summed E-state index contributed by atoms with van der Waals surface area (Å²) >= 11 is 2.94. The molecular weight excluding hydrogens is 561 g/mol. The molecule has 1 saturated carbocycles. The molecule has 0 unspecified atom stereocenters. The lowest BCUT2D eigenvalue weighted by atomic mass is 9.90. The maximum absolute atomic E-state index is 14.5. The Kier molecular flexibility index (Phi) is 7.63. The van der Waals surface area contributed by atoms with Crippen LogP contribution in [-0.4, -0.2) is 84.5 Å². The van der Waals surface area contributed by atoms with Crippen LogP contribution in [0.3, 0.4) is 0 Å². The second-order valence-corrected chi connectivity index (χ2v) is 10.1. The fraction of sp³-hybridized carbons (Fsp3) is 0.565. The van der Waals surface area contributed by atoms with Gasteiger partial charge in [-0.15, -0.1) is 10.2 Å². The molecule has 0 spiro atoms. The average molecular weight is 587 g/mol. The summed E-state index contributed by atoms with van der Waals surface area (Å²) in [7, 11) is 1.44. The molecule has 7 atom stereocenters. The lowest BCUT2D eigenvalue weighted by Crippen LogP contribution is -2.57. The van der Waals surface area contributed by atoms with Gasteiger partial charge in [0, 0.05) is 25.3 Å². The van der Waals surface area contributed by atoms with E-state index in [-0.39, 0.29) is 28.2 Å². The first kappa shape index (κ1) is 26.2. The van der Waals surface area contributed by atoms with E-state index in [0.717, 1.165) is 6.42 Å². The van der Waals surface area contributed by atoms with E-state index < -0.39 is 54.9 Å².